The second kappa shape index (κ2) is 7.96. The summed E-state index contributed by atoms with van der Waals surface area (Å²) < 4.78 is 0. The summed E-state index contributed by atoms with van der Waals surface area (Å²) >= 11 is 0. The minimum absolute atomic E-state index is 0.0660. The molecule has 2 rings (SSSR count). The van der Waals surface area contributed by atoms with Crippen LogP contribution in [-0.4, -0.2) is 10.9 Å². The Labute approximate surface area is 163 Å². The zero-order chi connectivity index (χ0) is 20.2. The summed E-state index contributed by atoms with van der Waals surface area (Å²) in [4.78, 5) is 12.7. The smallest absolute Gasteiger partial charge is 0.185 e. The van der Waals surface area contributed by atoms with Gasteiger partial charge in [0.2, 0.25) is 0 Å². The van der Waals surface area contributed by atoms with Crippen molar-refractivity contribution in [1.29, 1.82) is 0 Å². The van der Waals surface area contributed by atoms with Gasteiger partial charge in [-0.1, -0.05) is 90.1 Å². The van der Waals surface area contributed by atoms with Crippen LogP contribution in [-0.2, 0) is 10.8 Å². The van der Waals surface area contributed by atoms with Gasteiger partial charge in [-0.15, -0.1) is 0 Å². The van der Waals surface area contributed by atoms with Crippen molar-refractivity contribution in [3.05, 3.63) is 82.9 Å². The van der Waals surface area contributed by atoms with Crippen molar-refractivity contribution in [2.75, 3.05) is 0 Å². The van der Waals surface area contributed by atoms with Gasteiger partial charge in [0.15, 0.2) is 5.78 Å². The van der Waals surface area contributed by atoms with Crippen LogP contribution in [0, 0.1) is 0 Å². The van der Waals surface area contributed by atoms with E-state index in [0.717, 1.165) is 16.7 Å². The van der Waals surface area contributed by atoms with E-state index in [-0.39, 0.29) is 16.6 Å². The lowest BCUT2D eigenvalue weighted by Gasteiger charge is -2.27. The number of hydrogen-bond donors (Lipinski definition) is 1. The monoisotopic (exact) mass is 362 g/mol. The highest BCUT2D eigenvalue weighted by Crippen LogP contribution is 2.39. The van der Waals surface area contributed by atoms with Crippen LogP contribution in [0.2, 0.25) is 0 Å². The average Bonchev–Trinajstić information content (AvgIpc) is 2.57. The maximum absolute atomic E-state index is 12.7. The summed E-state index contributed by atoms with van der Waals surface area (Å²) in [6.45, 7) is 12.3. The highest BCUT2D eigenvalue weighted by Gasteiger charge is 2.27. The minimum Gasteiger partial charge on any atom is -0.507 e. The molecule has 0 spiro atoms. The van der Waals surface area contributed by atoms with Crippen molar-refractivity contribution < 1.29 is 9.90 Å². The van der Waals surface area contributed by atoms with E-state index in [4.69, 9.17) is 0 Å². The second-order valence-electron chi connectivity index (χ2n) is 8.91. The summed E-state index contributed by atoms with van der Waals surface area (Å²) in [6.07, 6.45) is 7.16. The van der Waals surface area contributed by atoms with Gasteiger partial charge in [0.05, 0.1) is 0 Å². The van der Waals surface area contributed by atoms with Crippen LogP contribution in [0.3, 0.4) is 0 Å². The van der Waals surface area contributed by atoms with Crippen LogP contribution in [0.1, 0.15) is 68.6 Å². The molecule has 0 bridgehead atoms. The fraction of sp³-hybridized carbons (Fsp3) is 0.320. The highest BCUT2D eigenvalue weighted by atomic mass is 16.3. The molecule has 0 fully saturated rings. The van der Waals surface area contributed by atoms with Gasteiger partial charge in [0.25, 0.3) is 0 Å². The number of aromatic hydroxyl groups is 1. The van der Waals surface area contributed by atoms with Crippen molar-refractivity contribution in [1.82, 2.24) is 0 Å². The molecule has 0 atom stereocenters. The molecule has 0 aliphatic heterocycles. The van der Waals surface area contributed by atoms with Gasteiger partial charge in [-0.05, 0) is 34.6 Å². The molecule has 2 heteroatoms. The fourth-order valence-corrected chi connectivity index (χ4v) is 2.89. The van der Waals surface area contributed by atoms with E-state index < -0.39 is 0 Å². The molecule has 0 aliphatic rings. The number of carbonyl (C=O) groups is 1. The first-order valence-corrected chi connectivity index (χ1v) is 9.32. The van der Waals surface area contributed by atoms with Crippen LogP contribution < -0.4 is 0 Å². The van der Waals surface area contributed by atoms with Crippen LogP contribution in [0.15, 0.2) is 60.7 Å². The summed E-state index contributed by atoms with van der Waals surface area (Å²) in [5.41, 5.74) is 2.78. The van der Waals surface area contributed by atoms with Gasteiger partial charge < -0.3 is 5.11 Å². The number of rotatable bonds is 4. The lowest BCUT2D eigenvalue weighted by molar-refractivity contribution is 0.104. The molecule has 1 N–H and O–H groups in total. The SMILES string of the molecule is CC(C)(C)c1cc(C(=O)C=CC=Cc2ccccc2)cc(C(C)(C)C)c1O. The summed E-state index contributed by atoms with van der Waals surface area (Å²) in [5, 5.41) is 10.8. The topological polar surface area (TPSA) is 37.3 Å². The lowest BCUT2D eigenvalue weighted by Crippen LogP contribution is -2.18. The molecule has 0 aliphatic carbocycles. The Morgan fingerprint density at radius 1 is 0.852 bits per heavy atom. The van der Waals surface area contributed by atoms with Crippen LogP contribution in [0.25, 0.3) is 6.08 Å². The lowest BCUT2D eigenvalue weighted by atomic mass is 9.78. The van der Waals surface area contributed by atoms with Crippen molar-refractivity contribution in [2.24, 2.45) is 0 Å². The molecule has 27 heavy (non-hydrogen) atoms. The predicted molar refractivity (Wildman–Crippen MR) is 114 cm³/mol. The average molecular weight is 363 g/mol. The van der Waals surface area contributed by atoms with Crippen molar-refractivity contribution in [2.45, 2.75) is 52.4 Å². The van der Waals surface area contributed by atoms with Crippen LogP contribution in [0.4, 0.5) is 0 Å². The predicted octanol–water partition coefficient (Wildman–Crippen LogP) is 6.44. The van der Waals surface area contributed by atoms with E-state index in [0.29, 0.717) is 11.3 Å². The highest BCUT2D eigenvalue weighted by molar-refractivity contribution is 6.05. The first kappa shape index (κ1) is 20.7. The number of carbonyl (C=O) groups excluding carboxylic acids is 1. The Hall–Kier alpha value is -2.61. The number of allylic oxidation sites excluding steroid dienone is 3. The summed E-state index contributed by atoms with van der Waals surface area (Å²) in [7, 11) is 0. The second-order valence-corrected chi connectivity index (χ2v) is 8.91. The van der Waals surface area contributed by atoms with E-state index in [1.807, 2.05) is 96.2 Å². The third-order valence-corrected chi connectivity index (χ3v) is 4.46. The third kappa shape index (κ3) is 5.43. The Bertz CT molecular complexity index is 822. The van der Waals surface area contributed by atoms with E-state index >= 15 is 0 Å². The van der Waals surface area contributed by atoms with Gasteiger partial charge in [0.1, 0.15) is 5.75 Å². The number of hydrogen-bond acceptors (Lipinski definition) is 2. The molecular weight excluding hydrogens is 332 g/mol. The number of phenols is 1. The molecule has 2 nitrogen and oxygen atoms in total. The number of phenolic OH excluding ortho intramolecular Hbond substituents is 1. The molecule has 2 aromatic carbocycles. The quantitative estimate of drug-likeness (QED) is 0.386. The molecule has 0 saturated heterocycles. The number of benzene rings is 2. The van der Waals surface area contributed by atoms with Crippen molar-refractivity contribution in [3.8, 4) is 5.75 Å². The van der Waals surface area contributed by atoms with Crippen LogP contribution >= 0.6 is 0 Å². The van der Waals surface area contributed by atoms with E-state index in [1.165, 1.54) is 0 Å². The van der Waals surface area contributed by atoms with E-state index in [2.05, 4.69) is 0 Å². The Kier molecular flexibility index (Phi) is 6.10. The van der Waals surface area contributed by atoms with E-state index in [9.17, 15) is 9.90 Å². The summed E-state index contributed by atoms with van der Waals surface area (Å²) in [5.74, 6) is 0.225. The molecule has 0 aromatic heterocycles. The van der Waals surface area contributed by atoms with Gasteiger partial charge in [-0.3, -0.25) is 4.79 Å². The zero-order valence-corrected chi connectivity index (χ0v) is 17.2. The van der Waals surface area contributed by atoms with Crippen LogP contribution in [0.5, 0.6) is 5.75 Å². The molecule has 0 amide bonds. The standard InChI is InChI=1S/C25H30O2/c1-24(2,3)20-16-19(17-21(23(20)27)25(4,5)6)22(26)15-11-10-14-18-12-8-7-9-13-18/h7-17,27H,1-6H3. The Morgan fingerprint density at radius 2 is 1.37 bits per heavy atom. The first-order valence-electron chi connectivity index (χ1n) is 9.32. The molecule has 2 aromatic rings. The molecular formula is C25H30O2. The summed E-state index contributed by atoms with van der Waals surface area (Å²) in [6, 6.07) is 13.6. The van der Waals surface area contributed by atoms with Gasteiger partial charge in [-0.25, -0.2) is 0 Å². The molecule has 0 heterocycles. The van der Waals surface area contributed by atoms with Gasteiger partial charge in [0, 0.05) is 16.7 Å². The molecule has 0 radical (unpaired) electrons. The molecule has 142 valence electrons. The largest absolute Gasteiger partial charge is 0.507 e. The normalized spacial score (nSPS) is 12.8. The molecule has 0 saturated carbocycles. The van der Waals surface area contributed by atoms with Crippen molar-refractivity contribution in [3.63, 3.8) is 0 Å². The minimum atomic E-state index is -0.253. The fourth-order valence-electron chi connectivity index (χ4n) is 2.89. The zero-order valence-electron chi connectivity index (χ0n) is 17.2. The maximum atomic E-state index is 12.7. The van der Waals surface area contributed by atoms with Gasteiger partial charge >= 0.3 is 0 Å². The van der Waals surface area contributed by atoms with E-state index in [1.54, 1.807) is 12.2 Å². The molecule has 0 unspecified atom stereocenters. The Morgan fingerprint density at radius 3 is 1.85 bits per heavy atom. The van der Waals surface area contributed by atoms with Crippen molar-refractivity contribution >= 4 is 11.9 Å². The maximum Gasteiger partial charge on any atom is 0.185 e. The third-order valence-electron chi connectivity index (χ3n) is 4.46. The first-order chi connectivity index (χ1) is 12.5. The Balaban J connectivity index is 2.35. The van der Waals surface area contributed by atoms with Gasteiger partial charge in [-0.2, -0.15) is 0 Å². The number of ketones is 1.